The number of nitrogens with two attached hydrogens (primary N) is 1. The Bertz CT molecular complexity index is 840. The van der Waals surface area contributed by atoms with E-state index in [2.05, 4.69) is 0 Å². The molecule has 1 aliphatic heterocycles. The minimum absolute atomic E-state index is 0.0658. The van der Waals surface area contributed by atoms with Crippen molar-refractivity contribution in [3.05, 3.63) is 35.9 Å². The molecule has 1 aliphatic rings. The van der Waals surface area contributed by atoms with Crippen molar-refractivity contribution in [2.45, 2.75) is 23.6 Å². The maximum Gasteiger partial charge on any atom is 0.411 e. The molecule has 4 nitrogen and oxygen atoms in total. The second-order valence-electron chi connectivity index (χ2n) is 6.12. The van der Waals surface area contributed by atoms with Crippen LogP contribution in [0, 0.1) is 5.41 Å². The lowest BCUT2D eigenvalue weighted by molar-refractivity contribution is -0.201. The Morgan fingerprint density at radius 1 is 1.32 bits per heavy atom. The predicted molar refractivity (Wildman–Crippen MR) is 94.3 cm³/mol. The minimum atomic E-state index is -4.43. The van der Waals surface area contributed by atoms with Gasteiger partial charge in [-0.1, -0.05) is 18.2 Å². The van der Waals surface area contributed by atoms with Crippen molar-refractivity contribution in [2.75, 3.05) is 24.3 Å². The van der Waals surface area contributed by atoms with Gasteiger partial charge in [0.05, 0.1) is 12.2 Å². The van der Waals surface area contributed by atoms with Crippen molar-refractivity contribution in [3.8, 4) is 0 Å². The zero-order valence-electron chi connectivity index (χ0n) is 13.8. The predicted octanol–water partition coefficient (Wildman–Crippen LogP) is 4.07. The summed E-state index contributed by atoms with van der Waals surface area (Å²) in [7, 11) is 0. The third kappa shape index (κ3) is 3.16. The van der Waals surface area contributed by atoms with Crippen LogP contribution >= 0.6 is 11.8 Å². The molecule has 0 amide bonds. The highest BCUT2D eigenvalue weighted by Crippen LogP contribution is 2.47. The van der Waals surface area contributed by atoms with E-state index < -0.39 is 18.4 Å². The monoisotopic (exact) mass is 369 g/mol. The molecule has 0 aromatic heterocycles. The van der Waals surface area contributed by atoms with E-state index >= 15 is 0 Å². The smallest absolute Gasteiger partial charge is 0.370 e. The summed E-state index contributed by atoms with van der Waals surface area (Å²) in [5.74, 6) is -0.221. The first kappa shape index (κ1) is 17.9. The van der Waals surface area contributed by atoms with Crippen molar-refractivity contribution in [2.24, 2.45) is 5.73 Å². The first-order valence-electron chi connectivity index (χ1n) is 7.59. The van der Waals surface area contributed by atoms with Gasteiger partial charge in [-0.2, -0.15) is 13.2 Å². The molecule has 1 heterocycles. The highest BCUT2D eigenvalue weighted by atomic mass is 32.2. The van der Waals surface area contributed by atoms with Crippen LogP contribution in [-0.2, 0) is 10.3 Å². The number of hydrogen-bond donors (Lipinski definition) is 2. The van der Waals surface area contributed by atoms with E-state index in [4.69, 9.17) is 15.9 Å². The molecule has 0 bridgehead atoms. The van der Waals surface area contributed by atoms with Gasteiger partial charge < -0.3 is 15.4 Å². The van der Waals surface area contributed by atoms with E-state index in [1.807, 2.05) is 30.5 Å². The lowest BCUT2D eigenvalue weighted by atomic mass is 9.92. The number of ether oxygens (including phenoxy) is 1. The van der Waals surface area contributed by atoms with Gasteiger partial charge >= 0.3 is 6.18 Å². The van der Waals surface area contributed by atoms with Crippen LogP contribution < -0.4 is 10.6 Å². The summed E-state index contributed by atoms with van der Waals surface area (Å²) in [5, 5.41) is 9.53. The molecular formula is C17H18F3N3OS. The van der Waals surface area contributed by atoms with Gasteiger partial charge in [-0.15, -0.1) is 11.8 Å². The average Bonchev–Trinajstić information content (AvgIpc) is 2.86. The van der Waals surface area contributed by atoms with Crippen LogP contribution in [0.4, 0.5) is 18.9 Å². The Labute approximate surface area is 147 Å². The van der Waals surface area contributed by atoms with Crippen LogP contribution in [0.3, 0.4) is 0 Å². The largest absolute Gasteiger partial charge is 0.411 e. The van der Waals surface area contributed by atoms with Crippen LogP contribution in [0.1, 0.15) is 12.5 Å². The Hall–Kier alpha value is -1.93. The molecule has 0 spiro atoms. The Balaban J connectivity index is 2.20. The van der Waals surface area contributed by atoms with E-state index in [0.29, 0.717) is 11.3 Å². The summed E-state index contributed by atoms with van der Waals surface area (Å²) in [6.45, 7) is 0.329. The molecule has 2 aromatic carbocycles. The second-order valence-corrected chi connectivity index (χ2v) is 6.97. The van der Waals surface area contributed by atoms with Gasteiger partial charge in [-0.25, -0.2) is 0 Å². The van der Waals surface area contributed by atoms with Crippen LogP contribution in [-0.4, -0.2) is 31.5 Å². The molecule has 3 N–H and O–H groups in total. The molecule has 1 unspecified atom stereocenters. The first-order valence-corrected chi connectivity index (χ1v) is 8.81. The fraction of sp³-hybridized carbons (Fsp3) is 0.353. The number of nitrogens with zero attached hydrogens (tertiary/aromatic N) is 1. The van der Waals surface area contributed by atoms with Gasteiger partial charge in [-0.05, 0) is 36.1 Å². The van der Waals surface area contributed by atoms with Crippen LogP contribution in [0.15, 0.2) is 35.2 Å². The van der Waals surface area contributed by atoms with E-state index in [-0.39, 0.29) is 12.5 Å². The third-order valence-electron chi connectivity index (χ3n) is 4.34. The Kier molecular flexibility index (Phi) is 4.36. The van der Waals surface area contributed by atoms with E-state index in [9.17, 15) is 13.2 Å². The molecule has 0 fully saturated rings. The summed E-state index contributed by atoms with van der Waals surface area (Å²) in [6, 6.07) is 9.40. The molecule has 0 saturated heterocycles. The fourth-order valence-corrected chi connectivity index (χ4v) is 3.93. The molecule has 134 valence electrons. The Morgan fingerprint density at radius 3 is 2.64 bits per heavy atom. The summed E-state index contributed by atoms with van der Waals surface area (Å²) < 4.78 is 43.5. The minimum Gasteiger partial charge on any atom is -0.370 e. The highest BCUT2D eigenvalue weighted by molar-refractivity contribution is 7.98. The van der Waals surface area contributed by atoms with Gasteiger partial charge in [0.1, 0.15) is 12.2 Å². The average molecular weight is 369 g/mol. The molecule has 0 aliphatic carbocycles. The summed E-state index contributed by atoms with van der Waals surface area (Å²) >= 11 is 1.57. The number of nitrogens with one attached hydrogen (secondary N) is 1. The van der Waals surface area contributed by atoms with E-state index in [1.54, 1.807) is 24.8 Å². The normalized spacial score (nSPS) is 20.1. The van der Waals surface area contributed by atoms with Crippen LogP contribution in [0.2, 0.25) is 0 Å². The van der Waals surface area contributed by atoms with Crippen molar-refractivity contribution >= 4 is 34.2 Å². The van der Waals surface area contributed by atoms with Gasteiger partial charge in [-0.3, -0.25) is 5.41 Å². The fourth-order valence-electron chi connectivity index (χ4n) is 3.32. The van der Waals surface area contributed by atoms with Crippen molar-refractivity contribution in [1.29, 1.82) is 5.41 Å². The number of guanidine groups is 1. The summed E-state index contributed by atoms with van der Waals surface area (Å²) in [6.07, 6.45) is -2.48. The zero-order valence-corrected chi connectivity index (χ0v) is 14.6. The zero-order chi connectivity index (χ0) is 18.4. The van der Waals surface area contributed by atoms with Gasteiger partial charge in [0.15, 0.2) is 5.96 Å². The molecule has 2 aromatic rings. The molecule has 1 atom stereocenters. The number of halogens is 3. The number of anilines is 1. The van der Waals surface area contributed by atoms with Crippen LogP contribution in [0.5, 0.6) is 0 Å². The number of thioether (sulfide) groups is 1. The van der Waals surface area contributed by atoms with Gasteiger partial charge in [0, 0.05) is 10.5 Å². The van der Waals surface area contributed by atoms with E-state index in [0.717, 1.165) is 15.7 Å². The highest BCUT2D eigenvalue weighted by Gasteiger charge is 2.44. The Morgan fingerprint density at radius 2 is 2.04 bits per heavy atom. The maximum atomic E-state index is 12.7. The quantitative estimate of drug-likeness (QED) is 0.486. The number of hydrogen-bond acceptors (Lipinski definition) is 3. The standard InChI is InChI=1S/C17H18F3N3OS/c1-16(24-9-17(18,19)20)8-23(15(21)22)12-7-6-10-11(14(12)16)4-3-5-13(10)25-2/h3-7H,8-9H2,1-2H3,(H3,21,22). The molecule has 0 saturated carbocycles. The second kappa shape index (κ2) is 6.10. The molecular weight excluding hydrogens is 351 g/mol. The lowest BCUT2D eigenvalue weighted by Crippen LogP contribution is -2.41. The third-order valence-corrected chi connectivity index (χ3v) is 5.14. The number of alkyl halides is 3. The van der Waals surface area contributed by atoms with E-state index in [1.165, 1.54) is 4.90 Å². The van der Waals surface area contributed by atoms with Crippen molar-refractivity contribution in [1.82, 2.24) is 0 Å². The summed E-state index contributed by atoms with van der Waals surface area (Å²) in [5.41, 5.74) is 5.68. The van der Waals surface area contributed by atoms with Gasteiger partial charge in [0.25, 0.3) is 0 Å². The maximum absolute atomic E-state index is 12.7. The number of fused-ring (bicyclic) bond motifs is 3. The molecule has 25 heavy (non-hydrogen) atoms. The topological polar surface area (TPSA) is 62.3 Å². The molecule has 0 radical (unpaired) electrons. The number of benzene rings is 2. The van der Waals surface area contributed by atoms with Crippen molar-refractivity contribution < 1.29 is 17.9 Å². The lowest BCUT2D eigenvalue weighted by Gasteiger charge is -2.27. The number of rotatable bonds is 3. The van der Waals surface area contributed by atoms with Gasteiger partial charge in [0.2, 0.25) is 0 Å². The SMILES string of the molecule is CSc1cccc2c3c(ccc12)N(C(=N)N)CC3(C)OCC(F)(F)F. The van der Waals surface area contributed by atoms with Crippen LogP contribution in [0.25, 0.3) is 10.8 Å². The summed E-state index contributed by atoms with van der Waals surface area (Å²) in [4.78, 5) is 2.51. The molecule has 3 rings (SSSR count). The first-order chi connectivity index (χ1) is 11.7. The van der Waals surface area contributed by atoms with Crippen molar-refractivity contribution in [3.63, 3.8) is 0 Å². The molecule has 8 heteroatoms.